The monoisotopic (exact) mass is 475 g/mol. The van der Waals surface area contributed by atoms with E-state index in [1.165, 1.54) is 17.8 Å². The van der Waals surface area contributed by atoms with Gasteiger partial charge >= 0.3 is 0 Å². The maximum Gasteiger partial charge on any atom is 0.233 e. The van der Waals surface area contributed by atoms with Crippen LogP contribution in [0.5, 0.6) is 0 Å². The maximum atomic E-state index is 14.5. The number of aromatic nitrogens is 5. The molecule has 0 unspecified atom stereocenters. The van der Waals surface area contributed by atoms with Gasteiger partial charge in [-0.1, -0.05) is 42.1 Å². The van der Waals surface area contributed by atoms with Crippen LogP contribution in [0.2, 0.25) is 0 Å². The average Bonchev–Trinajstić information content (AvgIpc) is 3.32. The van der Waals surface area contributed by atoms with Crippen LogP contribution in [0, 0.1) is 5.82 Å². The lowest BCUT2D eigenvalue weighted by Gasteiger charge is -2.34. The second-order valence-corrected chi connectivity index (χ2v) is 8.60. The fraction of sp³-hybridized carbons (Fsp3) is 0.208. The molecule has 10 heteroatoms. The van der Waals surface area contributed by atoms with Crippen molar-refractivity contribution in [2.45, 2.75) is 5.16 Å². The number of hydrogen-bond acceptors (Lipinski definition) is 7. The van der Waals surface area contributed by atoms with Crippen molar-refractivity contribution >= 4 is 23.6 Å². The van der Waals surface area contributed by atoms with E-state index in [0.29, 0.717) is 48.7 Å². The Morgan fingerprint density at radius 3 is 2.32 bits per heavy atom. The van der Waals surface area contributed by atoms with Gasteiger partial charge in [0.05, 0.1) is 11.3 Å². The molecular weight excluding hydrogens is 453 g/mol. The van der Waals surface area contributed by atoms with Gasteiger partial charge in [0.1, 0.15) is 5.82 Å². The Balaban J connectivity index is 1.30. The third kappa shape index (κ3) is 4.62. The Morgan fingerprint density at radius 2 is 1.59 bits per heavy atom. The first-order valence-corrected chi connectivity index (χ1v) is 11.9. The summed E-state index contributed by atoms with van der Waals surface area (Å²) in [6.07, 6.45) is 3.43. The number of carbonyl (C=O) groups is 1. The number of nitrogens with zero attached hydrogens (tertiary/aromatic N) is 7. The summed E-state index contributed by atoms with van der Waals surface area (Å²) in [6.45, 7) is 2.56. The van der Waals surface area contributed by atoms with Crippen LogP contribution in [0.1, 0.15) is 0 Å². The third-order valence-corrected chi connectivity index (χ3v) is 6.47. The molecule has 0 radical (unpaired) electrons. The quantitative estimate of drug-likeness (QED) is 0.396. The second kappa shape index (κ2) is 10.0. The number of hydrogen-bond donors (Lipinski definition) is 0. The largest absolute Gasteiger partial charge is 0.338 e. The zero-order valence-corrected chi connectivity index (χ0v) is 19.1. The molecule has 5 rings (SSSR count). The highest BCUT2D eigenvalue weighted by Gasteiger charge is 2.24. The number of anilines is 1. The van der Waals surface area contributed by atoms with Gasteiger partial charge in [-0.15, -0.1) is 10.2 Å². The Kier molecular flexibility index (Phi) is 6.48. The molecule has 0 bridgehead atoms. The maximum absolute atomic E-state index is 14.5. The predicted molar refractivity (Wildman–Crippen MR) is 128 cm³/mol. The summed E-state index contributed by atoms with van der Waals surface area (Å²) in [5.74, 6) is 0.939. The van der Waals surface area contributed by atoms with Crippen molar-refractivity contribution in [2.24, 2.45) is 0 Å². The van der Waals surface area contributed by atoms with Gasteiger partial charge in [-0.05, 0) is 30.3 Å². The van der Waals surface area contributed by atoms with Gasteiger partial charge in [-0.25, -0.2) is 14.4 Å². The van der Waals surface area contributed by atoms with Gasteiger partial charge in [-0.3, -0.25) is 9.36 Å². The van der Waals surface area contributed by atoms with Crippen molar-refractivity contribution in [3.05, 3.63) is 78.9 Å². The molecule has 0 aliphatic carbocycles. The molecule has 172 valence electrons. The van der Waals surface area contributed by atoms with Crippen LogP contribution in [0.25, 0.3) is 17.1 Å². The van der Waals surface area contributed by atoms with E-state index in [4.69, 9.17) is 0 Å². The Bertz CT molecular complexity index is 1260. The van der Waals surface area contributed by atoms with E-state index in [2.05, 4.69) is 25.1 Å². The molecule has 0 saturated carbocycles. The van der Waals surface area contributed by atoms with E-state index in [0.717, 1.165) is 5.69 Å². The van der Waals surface area contributed by atoms with Crippen molar-refractivity contribution in [3.63, 3.8) is 0 Å². The van der Waals surface area contributed by atoms with Gasteiger partial charge in [-0.2, -0.15) is 0 Å². The minimum Gasteiger partial charge on any atom is -0.338 e. The molecule has 1 fully saturated rings. The summed E-state index contributed by atoms with van der Waals surface area (Å²) in [6, 6.07) is 17.8. The highest BCUT2D eigenvalue weighted by Crippen LogP contribution is 2.29. The van der Waals surface area contributed by atoms with E-state index in [9.17, 15) is 9.18 Å². The van der Waals surface area contributed by atoms with E-state index in [1.807, 2.05) is 35.2 Å². The Morgan fingerprint density at radius 1 is 0.882 bits per heavy atom. The number of benzene rings is 2. The standard InChI is InChI=1S/C24H22FN7OS/c25-20-10-5-4-9-19(20)22-28-29-24(32(22)18-7-2-1-3-8-18)34-17-21(33)30-13-15-31(16-14-30)23-26-11-6-12-27-23/h1-12H,13-17H2. The number of para-hydroxylation sites is 1. The van der Waals surface area contributed by atoms with Crippen LogP contribution in [-0.4, -0.2) is 67.5 Å². The van der Waals surface area contributed by atoms with Gasteiger partial charge in [0, 0.05) is 44.3 Å². The average molecular weight is 476 g/mol. The van der Waals surface area contributed by atoms with Gasteiger partial charge in [0.2, 0.25) is 11.9 Å². The molecule has 34 heavy (non-hydrogen) atoms. The molecule has 2 aromatic heterocycles. The predicted octanol–water partition coefficient (Wildman–Crippen LogP) is 3.30. The van der Waals surface area contributed by atoms with Crippen LogP contribution >= 0.6 is 11.8 Å². The Labute approximate surface area is 200 Å². The van der Waals surface area contributed by atoms with E-state index < -0.39 is 0 Å². The number of thioether (sulfide) groups is 1. The zero-order chi connectivity index (χ0) is 23.3. The van der Waals surface area contributed by atoms with E-state index in [-0.39, 0.29) is 17.5 Å². The molecule has 8 nitrogen and oxygen atoms in total. The summed E-state index contributed by atoms with van der Waals surface area (Å²) in [4.78, 5) is 25.4. The normalized spacial score (nSPS) is 13.8. The summed E-state index contributed by atoms with van der Waals surface area (Å²) in [5, 5.41) is 9.09. The molecule has 1 saturated heterocycles. The van der Waals surface area contributed by atoms with Crippen molar-refractivity contribution < 1.29 is 9.18 Å². The lowest BCUT2D eigenvalue weighted by molar-refractivity contribution is -0.128. The van der Waals surface area contributed by atoms with Gasteiger partial charge < -0.3 is 9.80 Å². The molecule has 3 heterocycles. The first kappa shape index (κ1) is 22.0. The van der Waals surface area contributed by atoms with Crippen molar-refractivity contribution in [1.29, 1.82) is 0 Å². The summed E-state index contributed by atoms with van der Waals surface area (Å²) < 4.78 is 16.3. The molecule has 0 N–H and O–H groups in total. The SMILES string of the molecule is O=C(CSc1nnc(-c2ccccc2F)n1-c1ccccc1)N1CCN(c2ncccn2)CC1. The summed E-state index contributed by atoms with van der Waals surface area (Å²) >= 11 is 1.30. The lowest BCUT2D eigenvalue weighted by atomic mass is 10.2. The third-order valence-electron chi connectivity index (χ3n) is 5.55. The molecule has 1 amide bonds. The lowest BCUT2D eigenvalue weighted by Crippen LogP contribution is -2.49. The number of halogens is 1. The van der Waals surface area contributed by atoms with E-state index in [1.54, 1.807) is 41.2 Å². The highest BCUT2D eigenvalue weighted by molar-refractivity contribution is 7.99. The van der Waals surface area contributed by atoms with E-state index >= 15 is 0 Å². The molecule has 0 atom stereocenters. The number of piperazine rings is 1. The summed E-state index contributed by atoms with van der Waals surface area (Å²) in [5.41, 5.74) is 1.16. The molecule has 4 aromatic rings. The van der Waals surface area contributed by atoms with Crippen molar-refractivity contribution in [1.82, 2.24) is 29.6 Å². The summed E-state index contributed by atoms with van der Waals surface area (Å²) in [7, 11) is 0. The minimum absolute atomic E-state index is 0.0219. The first-order chi connectivity index (χ1) is 16.7. The van der Waals surface area contributed by atoms with Crippen LogP contribution in [0.4, 0.5) is 10.3 Å². The van der Waals surface area contributed by atoms with Crippen molar-refractivity contribution in [3.8, 4) is 17.1 Å². The van der Waals surface area contributed by atoms with Gasteiger partial charge in [0.15, 0.2) is 11.0 Å². The van der Waals surface area contributed by atoms with Crippen LogP contribution in [0.15, 0.2) is 78.2 Å². The number of carbonyl (C=O) groups excluding carboxylic acids is 1. The fourth-order valence-corrected chi connectivity index (χ4v) is 4.67. The number of rotatable bonds is 6. The molecule has 0 spiro atoms. The molecular formula is C24H22FN7OS. The van der Waals surface area contributed by atoms with Crippen LogP contribution < -0.4 is 4.90 Å². The molecule has 2 aromatic carbocycles. The fourth-order valence-electron chi connectivity index (χ4n) is 3.82. The van der Waals surface area contributed by atoms with Crippen molar-refractivity contribution in [2.75, 3.05) is 36.8 Å². The number of amides is 1. The zero-order valence-electron chi connectivity index (χ0n) is 18.3. The second-order valence-electron chi connectivity index (χ2n) is 7.66. The minimum atomic E-state index is -0.375. The topological polar surface area (TPSA) is 80.0 Å². The van der Waals surface area contributed by atoms with Crippen LogP contribution in [0.3, 0.4) is 0 Å². The first-order valence-electron chi connectivity index (χ1n) is 10.9. The molecule has 1 aliphatic heterocycles. The highest BCUT2D eigenvalue weighted by atomic mass is 32.2. The van der Waals surface area contributed by atoms with Gasteiger partial charge in [0.25, 0.3) is 0 Å². The molecule has 1 aliphatic rings. The smallest absolute Gasteiger partial charge is 0.233 e. The Hall–Kier alpha value is -3.79. The van der Waals surface area contributed by atoms with Crippen LogP contribution in [-0.2, 0) is 4.79 Å².